The van der Waals surface area contributed by atoms with Crippen LogP contribution in [0, 0.1) is 0 Å². The van der Waals surface area contributed by atoms with Crippen molar-refractivity contribution in [2.75, 3.05) is 6.61 Å². The predicted molar refractivity (Wildman–Crippen MR) is 77.8 cm³/mol. The lowest BCUT2D eigenvalue weighted by Crippen LogP contribution is -2.13. The van der Waals surface area contributed by atoms with Crippen molar-refractivity contribution in [3.63, 3.8) is 0 Å². The second kappa shape index (κ2) is 4.43. The van der Waals surface area contributed by atoms with E-state index in [1.165, 1.54) is 0 Å². The molecule has 1 N–H and O–H groups in total. The number of ether oxygens (including phenoxy) is 1. The molecule has 1 aliphatic rings. The molecule has 1 unspecified atom stereocenters. The number of hydrogen-bond acceptors (Lipinski definition) is 4. The summed E-state index contributed by atoms with van der Waals surface area (Å²) in [4.78, 5) is 19.5. The van der Waals surface area contributed by atoms with Gasteiger partial charge >= 0.3 is 0 Å². The summed E-state index contributed by atoms with van der Waals surface area (Å²) in [5.41, 5.74) is 1.26. The Bertz CT molecular complexity index is 862. The van der Waals surface area contributed by atoms with Gasteiger partial charge in [-0.05, 0) is 31.0 Å². The van der Waals surface area contributed by atoms with Crippen molar-refractivity contribution in [2.24, 2.45) is 0 Å². The molecule has 1 atom stereocenters. The lowest BCUT2D eigenvalue weighted by Gasteiger charge is -2.07. The molecule has 0 saturated carbocycles. The Morgan fingerprint density at radius 2 is 2.30 bits per heavy atom. The molecule has 102 valence electrons. The van der Waals surface area contributed by atoms with Gasteiger partial charge in [-0.25, -0.2) is 4.98 Å². The van der Waals surface area contributed by atoms with E-state index in [4.69, 9.17) is 9.15 Å². The zero-order valence-corrected chi connectivity index (χ0v) is 12.1. The van der Waals surface area contributed by atoms with Crippen LogP contribution in [0.3, 0.4) is 0 Å². The lowest BCUT2D eigenvalue weighted by atomic mass is 10.2. The number of hydrogen-bond donors (Lipinski definition) is 1. The molecule has 20 heavy (non-hydrogen) atoms. The Hall–Kier alpha value is -1.66. The largest absolute Gasteiger partial charge is 0.449 e. The molecular formula is C14H11BrN2O3. The zero-order valence-electron chi connectivity index (χ0n) is 10.5. The van der Waals surface area contributed by atoms with Gasteiger partial charge in [-0.3, -0.25) is 4.79 Å². The molecule has 0 radical (unpaired) electrons. The van der Waals surface area contributed by atoms with Gasteiger partial charge in [-0.15, -0.1) is 0 Å². The fourth-order valence-electron chi connectivity index (χ4n) is 2.59. The Kier molecular flexibility index (Phi) is 2.68. The molecule has 0 spiro atoms. The van der Waals surface area contributed by atoms with Crippen LogP contribution in [-0.2, 0) is 4.74 Å². The van der Waals surface area contributed by atoms with E-state index in [1.807, 2.05) is 18.2 Å². The fourth-order valence-corrected chi connectivity index (χ4v) is 2.95. The number of halogens is 1. The minimum absolute atomic E-state index is 0.121. The van der Waals surface area contributed by atoms with Gasteiger partial charge in [0.1, 0.15) is 23.0 Å². The van der Waals surface area contributed by atoms with Crippen LogP contribution >= 0.6 is 15.9 Å². The summed E-state index contributed by atoms with van der Waals surface area (Å²) in [5, 5.41) is 0.833. The fraction of sp³-hybridized carbons (Fsp3) is 0.286. The van der Waals surface area contributed by atoms with E-state index in [1.54, 1.807) is 0 Å². The molecule has 0 aliphatic carbocycles. The summed E-state index contributed by atoms with van der Waals surface area (Å²) in [5.74, 6) is 0.586. The highest BCUT2D eigenvalue weighted by Crippen LogP contribution is 2.30. The van der Waals surface area contributed by atoms with Gasteiger partial charge in [0.25, 0.3) is 5.56 Å². The SMILES string of the molecule is O=c1[nH]c(C2CCCO2)nc2c1oc1ccc(Br)cc12. The van der Waals surface area contributed by atoms with Crippen LogP contribution in [0.1, 0.15) is 24.8 Å². The summed E-state index contributed by atoms with van der Waals surface area (Å²) >= 11 is 3.43. The van der Waals surface area contributed by atoms with E-state index >= 15 is 0 Å². The van der Waals surface area contributed by atoms with Crippen LogP contribution in [0.4, 0.5) is 0 Å². The first-order valence-electron chi connectivity index (χ1n) is 6.46. The molecule has 5 nitrogen and oxygen atoms in total. The zero-order chi connectivity index (χ0) is 13.7. The predicted octanol–water partition coefficient (Wildman–Crippen LogP) is 3.28. The van der Waals surface area contributed by atoms with Crippen LogP contribution < -0.4 is 5.56 Å². The van der Waals surface area contributed by atoms with Crippen molar-refractivity contribution < 1.29 is 9.15 Å². The highest BCUT2D eigenvalue weighted by Gasteiger charge is 2.22. The minimum atomic E-state index is -0.257. The molecule has 1 fully saturated rings. The number of aromatic nitrogens is 2. The number of H-pyrrole nitrogens is 1. The molecule has 3 heterocycles. The maximum atomic E-state index is 12.2. The second-order valence-corrected chi connectivity index (χ2v) is 5.79. The smallest absolute Gasteiger partial charge is 0.294 e. The van der Waals surface area contributed by atoms with Crippen LogP contribution in [-0.4, -0.2) is 16.6 Å². The van der Waals surface area contributed by atoms with Crippen LogP contribution in [0.25, 0.3) is 22.1 Å². The van der Waals surface area contributed by atoms with Crippen LogP contribution in [0.5, 0.6) is 0 Å². The van der Waals surface area contributed by atoms with Crippen molar-refractivity contribution >= 4 is 38.0 Å². The van der Waals surface area contributed by atoms with Crippen molar-refractivity contribution in [3.05, 3.63) is 38.9 Å². The van der Waals surface area contributed by atoms with Crippen LogP contribution in [0.15, 0.2) is 31.9 Å². The lowest BCUT2D eigenvalue weighted by molar-refractivity contribution is 0.105. The van der Waals surface area contributed by atoms with E-state index < -0.39 is 0 Å². The van der Waals surface area contributed by atoms with Gasteiger partial charge < -0.3 is 14.1 Å². The molecule has 1 aliphatic heterocycles. The number of nitrogens with one attached hydrogen (secondary N) is 1. The third kappa shape index (κ3) is 1.79. The van der Waals surface area contributed by atoms with Gasteiger partial charge in [0.2, 0.25) is 5.58 Å². The summed E-state index contributed by atoms with van der Waals surface area (Å²) in [6.45, 7) is 0.712. The molecule has 0 amide bonds. The highest BCUT2D eigenvalue weighted by atomic mass is 79.9. The van der Waals surface area contributed by atoms with E-state index in [-0.39, 0.29) is 17.2 Å². The first kappa shape index (κ1) is 12.1. The number of rotatable bonds is 1. The van der Waals surface area contributed by atoms with Gasteiger partial charge in [0.05, 0.1) is 0 Å². The van der Waals surface area contributed by atoms with E-state index in [2.05, 4.69) is 25.9 Å². The van der Waals surface area contributed by atoms with Crippen molar-refractivity contribution in [1.82, 2.24) is 9.97 Å². The van der Waals surface area contributed by atoms with E-state index in [9.17, 15) is 4.79 Å². The summed E-state index contributed by atoms with van der Waals surface area (Å²) < 4.78 is 12.1. The standard InChI is InChI=1S/C14H11BrN2O3/c15-7-3-4-9-8(6-7)11-12(20-9)14(18)17-13(16-11)10-2-1-5-19-10/h3-4,6,10H,1-2,5H2,(H,16,17,18). The first-order chi connectivity index (χ1) is 9.72. The number of benzene rings is 1. The Morgan fingerprint density at radius 3 is 3.10 bits per heavy atom. The topological polar surface area (TPSA) is 68.1 Å². The van der Waals surface area contributed by atoms with Gasteiger partial charge in [0.15, 0.2) is 0 Å². The number of fused-ring (bicyclic) bond motifs is 3. The maximum absolute atomic E-state index is 12.2. The molecule has 6 heteroatoms. The number of aromatic amines is 1. The highest BCUT2D eigenvalue weighted by molar-refractivity contribution is 9.10. The molecule has 4 rings (SSSR count). The molecular weight excluding hydrogens is 324 g/mol. The Morgan fingerprint density at radius 1 is 1.40 bits per heavy atom. The van der Waals surface area contributed by atoms with Crippen molar-refractivity contribution in [3.8, 4) is 0 Å². The summed E-state index contributed by atoms with van der Waals surface area (Å²) in [7, 11) is 0. The quantitative estimate of drug-likeness (QED) is 0.741. The summed E-state index contributed by atoms with van der Waals surface area (Å²) in [6, 6.07) is 5.61. The Balaban J connectivity index is 2.03. The second-order valence-electron chi connectivity index (χ2n) is 4.87. The first-order valence-corrected chi connectivity index (χ1v) is 7.25. The van der Waals surface area contributed by atoms with Crippen molar-refractivity contribution in [2.45, 2.75) is 18.9 Å². The van der Waals surface area contributed by atoms with Gasteiger partial charge in [0, 0.05) is 16.5 Å². The summed E-state index contributed by atoms with van der Waals surface area (Å²) in [6.07, 6.45) is 1.75. The van der Waals surface area contributed by atoms with E-state index in [0.29, 0.717) is 23.5 Å². The molecule has 1 saturated heterocycles. The van der Waals surface area contributed by atoms with Crippen molar-refractivity contribution in [1.29, 1.82) is 0 Å². The normalized spacial score (nSPS) is 19.1. The van der Waals surface area contributed by atoms with Crippen LogP contribution in [0.2, 0.25) is 0 Å². The monoisotopic (exact) mass is 334 g/mol. The maximum Gasteiger partial charge on any atom is 0.294 e. The molecule has 1 aromatic carbocycles. The number of furan rings is 1. The van der Waals surface area contributed by atoms with E-state index in [0.717, 1.165) is 22.7 Å². The average Bonchev–Trinajstić information content (AvgIpc) is 3.06. The third-order valence-corrected chi connectivity index (χ3v) is 4.03. The molecule has 0 bridgehead atoms. The van der Waals surface area contributed by atoms with Gasteiger partial charge in [-0.2, -0.15) is 0 Å². The number of nitrogens with zero attached hydrogens (tertiary/aromatic N) is 1. The Labute approximate surface area is 122 Å². The molecule has 2 aromatic heterocycles. The third-order valence-electron chi connectivity index (χ3n) is 3.54. The average molecular weight is 335 g/mol. The van der Waals surface area contributed by atoms with Gasteiger partial charge in [-0.1, -0.05) is 15.9 Å². The molecule has 3 aromatic rings. The minimum Gasteiger partial charge on any atom is -0.449 e.